The molecule has 0 aromatic heterocycles. The molecule has 3 nitrogen and oxygen atoms in total. The topological polar surface area (TPSA) is 38.3 Å². The van der Waals surface area contributed by atoms with Crippen LogP contribution < -0.4 is 5.32 Å². The van der Waals surface area contributed by atoms with Crippen LogP contribution in [-0.2, 0) is 9.53 Å². The molecule has 0 aliphatic carbocycles. The molecule has 1 N–H and O–H groups in total. The van der Waals surface area contributed by atoms with Crippen molar-refractivity contribution >= 4 is 5.91 Å². The number of rotatable bonds is 6. The summed E-state index contributed by atoms with van der Waals surface area (Å²) in [6.07, 6.45) is 5.02. The predicted molar refractivity (Wildman–Crippen MR) is 65.2 cm³/mol. The first-order valence-electron chi connectivity index (χ1n) is 6.53. The summed E-state index contributed by atoms with van der Waals surface area (Å²) in [5.41, 5.74) is 0. The van der Waals surface area contributed by atoms with Crippen LogP contribution in [0.15, 0.2) is 0 Å². The van der Waals surface area contributed by atoms with E-state index in [1.807, 2.05) is 0 Å². The molecule has 16 heavy (non-hydrogen) atoms. The van der Waals surface area contributed by atoms with Gasteiger partial charge < -0.3 is 10.1 Å². The number of amides is 1. The number of nitrogens with one attached hydrogen (secondary N) is 1. The molecule has 3 heteroatoms. The Kier molecular flexibility index (Phi) is 6.46. The van der Waals surface area contributed by atoms with Gasteiger partial charge in [-0.1, -0.05) is 20.3 Å². The van der Waals surface area contributed by atoms with Crippen molar-refractivity contribution in [2.45, 2.75) is 46.0 Å². The molecule has 1 rings (SSSR count). The third-order valence-corrected chi connectivity index (χ3v) is 3.11. The second-order valence-electron chi connectivity index (χ2n) is 5.15. The summed E-state index contributed by atoms with van der Waals surface area (Å²) in [7, 11) is 0. The molecule has 1 aliphatic rings. The standard InChI is InChI=1S/C13H25NO2/c1-11(2)4-3-5-13(15)14-10-12-6-8-16-9-7-12/h11-12H,3-10H2,1-2H3,(H,14,15). The maximum Gasteiger partial charge on any atom is 0.220 e. The van der Waals surface area contributed by atoms with Gasteiger partial charge in [0.05, 0.1) is 0 Å². The minimum Gasteiger partial charge on any atom is -0.381 e. The van der Waals surface area contributed by atoms with Crippen LogP contribution in [0.4, 0.5) is 0 Å². The van der Waals surface area contributed by atoms with Gasteiger partial charge in [0.2, 0.25) is 5.91 Å². The molecule has 0 radical (unpaired) electrons. The number of carbonyl (C=O) groups excluding carboxylic acids is 1. The summed E-state index contributed by atoms with van der Waals surface area (Å²) < 4.78 is 5.29. The lowest BCUT2D eigenvalue weighted by Gasteiger charge is -2.22. The number of hydrogen-bond acceptors (Lipinski definition) is 2. The van der Waals surface area contributed by atoms with E-state index < -0.39 is 0 Å². The second kappa shape index (κ2) is 7.66. The van der Waals surface area contributed by atoms with Crippen molar-refractivity contribution < 1.29 is 9.53 Å². The highest BCUT2D eigenvalue weighted by Gasteiger charge is 2.14. The smallest absolute Gasteiger partial charge is 0.220 e. The fourth-order valence-electron chi connectivity index (χ4n) is 1.97. The lowest BCUT2D eigenvalue weighted by molar-refractivity contribution is -0.121. The molecule has 0 saturated carbocycles. The normalized spacial score (nSPS) is 17.7. The summed E-state index contributed by atoms with van der Waals surface area (Å²) in [6.45, 7) is 6.94. The lowest BCUT2D eigenvalue weighted by atomic mass is 10.0. The molecule has 0 bridgehead atoms. The Hall–Kier alpha value is -0.570. The second-order valence-corrected chi connectivity index (χ2v) is 5.15. The highest BCUT2D eigenvalue weighted by atomic mass is 16.5. The molecule has 1 amide bonds. The summed E-state index contributed by atoms with van der Waals surface area (Å²) >= 11 is 0. The monoisotopic (exact) mass is 227 g/mol. The molecule has 1 saturated heterocycles. The van der Waals surface area contributed by atoms with Crippen molar-refractivity contribution in [3.05, 3.63) is 0 Å². The van der Waals surface area contributed by atoms with Gasteiger partial charge in [0, 0.05) is 26.2 Å². The Bertz CT molecular complexity index is 198. The Balaban J connectivity index is 2.00. The number of carbonyl (C=O) groups is 1. The molecular formula is C13H25NO2. The largest absolute Gasteiger partial charge is 0.381 e. The maximum atomic E-state index is 11.5. The number of ether oxygens (including phenoxy) is 1. The first-order valence-corrected chi connectivity index (χ1v) is 6.53. The molecule has 0 aromatic carbocycles. The molecule has 0 unspecified atom stereocenters. The summed E-state index contributed by atoms with van der Waals surface area (Å²) in [5.74, 6) is 1.54. The highest BCUT2D eigenvalue weighted by Crippen LogP contribution is 2.13. The van der Waals surface area contributed by atoms with Crippen molar-refractivity contribution in [1.29, 1.82) is 0 Å². The van der Waals surface area contributed by atoms with Crippen LogP contribution in [0.3, 0.4) is 0 Å². The van der Waals surface area contributed by atoms with E-state index in [9.17, 15) is 4.79 Å². The van der Waals surface area contributed by atoms with E-state index in [1.54, 1.807) is 0 Å². The molecular weight excluding hydrogens is 202 g/mol. The molecule has 1 fully saturated rings. The predicted octanol–water partition coefficient (Wildman–Crippen LogP) is 2.36. The van der Waals surface area contributed by atoms with Gasteiger partial charge in [-0.2, -0.15) is 0 Å². The van der Waals surface area contributed by atoms with E-state index in [4.69, 9.17) is 4.74 Å². The first-order chi connectivity index (χ1) is 7.68. The fourth-order valence-corrected chi connectivity index (χ4v) is 1.97. The molecule has 1 heterocycles. The van der Waals surface area contributed by atoms with Crippen LogP contribution in [0, 0.1) is 11.8 Å². The van der Waals surface area contributed by atoms with Gasteiger partial charge >= 0.3 is 0 Å². The van der Waals surface area contributed by atoms with Crippen molar-refractivity contribution in [1.82, 2.24) is 5.32 Å². The zero-order chi connectivity index (χ0) is 11.8. The zero-order valence-corrected chi connectivity index (χ0v) is 10.6. The van der Waals surface area contributed by atoms with E-state index in [1.165, 1.54) is 0 Å². The first kappa shape index (κ1) is 13.5. The van der Waals surface area contributed by atoms with E-state index in [0.717, 1.165) is 45.4 Å². The molecule has 0 atom stereocenters. The van der Waals surface area contributed by atoms with Gasteiger partial charge in [-0.15, -0.1) is 0 Å². The molecule has 0 spiro atoms. The Morgan fingerprint density at radius 1 is 1.38 bits per heavy atom. The van der Waals surface area contributed by atoms with Gasteiger partial charge in [-0.3, -0.25) is 4.79 Å². The van der Waals surface area contributed by atoms with Crippen molar-refractivity contribution in [3.63, 3.8) is 0 Å². The summed E-state index contributed by atoms with van der Waals surface area (Å²) in [5, 5.41) is 3.03. The minimum absolute atomic E-state index is 0.215. The van der Waals surface area contributed by atoms with Gasteiger partial charge in [0.15, 0.2) is 0 Å². The van der Waals surface area contributed by atoms with Gasteiger partial charge in [-0.05, 0) is 31.1 Å². The van der Waals surface area contributed by atoms with Crippen molar-refractivity contribution in [2.24, 2.45) is 11.8 Å². The molecule has 0 aromatic rings. The van der Waals surface area contributed by atoms with Crippen LogP contribution in [-0.4, -0.2) is 25.7 Å². The summed E-state index contributed by atoms with van der Waals surface area (Å²) in [6, 6.07) is 0. The summed E-state index contributed by atoms with van der Waals surface area (Å²) in [4.78, 5) is 11.5. The highest BCUT2D eigenvalue weighted by molar-refractivity contribution is 5.75. The third-order valence-electron chi connectivity index (χ3n) is 3.11. The SMILES string of the molecule is CC(C)CCCC(=O)NCC1CCOCC1. The maximum absolute atomic E-state index is 11.5. The quantitative estimate of drug-likeness (QED) is 0.756. The van der Waals surface area contributed by atoms with Gasteiger partial charge in [0.1, 0.15) is 0 Å². The fraction of sp³-hybridized carbons (Fsp3) is 0.923. The Morgan fingerprint density at radius 3 is 2.69 bits per heavy atom. The van der Waals surface area contributed by atoms with Crippen LogP contribution in [0.25, 0.3) is 0 Å². The Labute approximate surface area is 98.9 Å². The van der Waals surface area contributed by atoms with E-state index in [-0.39, 0.29) is 5.91 Å². The van der Waals surface area contributed by atoms with Crippen molar-refractivity contribution in [3.8, 4) is 0 Å². The van der Waals surface area contributed by atoms with Gasteiger partial charge in [-0.25, -0.2) is 0 Å². The van der Waals surface area contributed by atoms with E-state index >= 15 is 0 Å². The molecule has 1 aliphatic heterocycles. The van der Waals surface area contributed by atoms with Crippen LogP contribution in [0.1, 0.15) is 46.0 Å². The Morgan fingerprint density at radius 2 is 2.06 bits per heavy atom. The van der Waals surface area contributed by atoms with E-state index in [2.05, 4.69) is 19.2 Å². The average molecular weight is 227 g/mol. The van der Waals surface area contributed by atoms with Crippen LogP contribution in [0.5, 0.6) is 0 Å². The average Bonchev–Trinajstić information content (AvgIpc) is 2.27. The van der Waals surface area contributed by atoms with Crippen molar-refractivity contribution in [2.75, 3.05) is 19.8 Å². The third kappa shape index (κ3) is 6.11. The van der Waals surface area contributed by atoms with E-state index in [0.29, 0.717) is 18.3 Å². The molecule has 94 valence electrons. The van der Waals surface area contributed by atoms with Crippen LogP contribution in [0.2, 0.25) is 0 Å². The lowest BCUT2D eigenvalue weighted by Crippen LogP contribution is -2.32. The zero-order valence-electron chi connectivity index (χ0n) is 10.6. The minimum atomic E-state index is 0.215. The van der Waals surface area contributed by atoms with Gasteiger partial charge in [0.25, 0.3) is 0 Å². The number of hydrogen-bond donors (Lipinski definition) is 1. The van der Waals surface area contributed by atoms with Crippen LogP contribution >= 0.6 is 0 Å².